The summed E-state index contributed by atoms with van der Waals surface area (Å²) < 4.78 is 0. The number of nitrogens with one attached hydrogen (secondary N) is 2. The zero-order chi connectivity index (χ0) is 17.5. The van der Waals surface area contributed by atoms with Crippen LogP contribution in [0.25, 0.3) is 0 Å². The van der Waals surface area contributed by atoms with Gasteiger partial charge in [0.05, 0.1) is 16.3 Å². The molecule has 2 amide bonds. The van der Waals surface area contributed by atoms with Crippen LogP contribution in [0.15, 0.2) is 42.5 Å². The smallest absolute Gasteiger partial charge is 0.252 e. The maximum absolute atomic E-state index is 12.0. The highest BCUT2D eigenvalue weighted by Gasteiger charge is 2.11. The lowest BCUT2D eigenvalue weighted by atomic mass is 10.2. The molecule has 2 aromatic carbocycles. The molecule has 0 fully saturated rings. The Morgan fingerprint density at radius 3 is 2.50 bits per heavy atom. The van der Waals surface area contributed by atoms with Gasteiger partial charge in [-0.3, -0.25) is 9.59 Å². The number of thioether (sulfide) groups is 1. The SMILES string of the molecule is CNC(=O)c1cc(NC(=O)CSCc2ccc(C)cc2)ccc1Cl. The van der Waals surface area contributed by atoms with Crippen LogP contribution in [-0.2, 0) is 10.5 Å². The average molecular weight is 363 g/mol. The van der Waals surface area contributed by atoms with Crippen LogP contribution in [0.2, 0.25) is 5.02 Å². The third kappa shape index (κ3) is 5.28. The molecule has 0 aromatic heterocycles. The Hall–Kier alpha value is -1.98. The summed E-state index contributed by atoms with van der Waals surface area (Å²) in [6, 6.07) is 13.1. The fourth-order valence-corrected chi connectivity index (χ4v) is 3.05. The molecule has 0 saturated heterocycles. The fraction of sp³-hybridized carbons (Fsp3) is 0.222. The van der Waals surface area contributed by atoms with E-state index in [0.29, 0.717) is 22.0 Å². The molecule has 0 radical (unpaired) electrons. The van der Waals surface area contributed by atoms with Gasteiger partial charge in [-0.15, -0.1) is 11.8 Å². The van der Waals surface area contributed by atoms with Crippen molar-refractivity contribution in [3.8, 4) is 0 Å². The van der Waals surface area contributed by atoms with E-state index in [-0.39, 0.29) is 11.8 Å². The van der Waals surface area contributed by atoms with E-state index in [2.05, 4.69) is 34.9 Å². The summed E-state index contributed by atoms with van der Waals surface area (Å²) >= 11 is 7.53. The molecular formula is C18H19ClN2O2S. The zero-order valence-electron chi connectivity index (χ0n) is 13.6. The maximum atomic E-state index is 12.0. The van der Waals surface area contributed by atoms with Crippen molar-refractivity contribution in [2.45, 2.75) is 12.7 Å². The van der Waals surface area contributed by atoms with Crippen molar-refractivity contribution in [1.82, 2.24) is 5.32 Å². The summed E-state index contributed by atoms with van der Waals surface area (Å²) in [6.45, 7) is 2.05. The van der Waals surface area contributed by atoms with E-state index in [4.69, 9.17) is 11.6 Å². The molecule has 6 heteroatoms. The highest BCUT2D eigenvalue weighted by Crippen LogP contribution is 2.21. The monoisotopic (exact) mass is 362 g/mol. The Balaban J connectivity index is 1.88. The van der Waals surface area contributed by atoms with Crippen molar-refractivity contribution >= 4 is 40.9 Å². The second-order valence-corrected chi connectivity index (χ2v) is 6.69. The quantitative estimate of drug-likeness (QED) is 0.819. The molecule has 0 spiro atoms. The first-order valence-electron chi connectivity index (χ1n) is 7.44. The number of benzene rings is 2. The topological polar surface area (TPSA) is 58.2 Å². The molecule has 0 unspecified atom stereocenters. The normalized spacial score (nSPS) is 10.3. The van der Waals surface area contributed by atoms with E-state index < -0.39 is 0 Å². The van der Waals surface area contributed by atoms with Gasteiger partial charge in [0.2, 0.25) is 5.91 Å². The predicted molar refractivity (Wildman–Crippen MR) is 101 cm³/mol. The Morgan fingerprint density at radius 2 is 1.83 bits per heavy atom. The van der Waals surface area contributed by atoms with Gasteiger partial charge in [-0.25, -0.2) is 0 Å². The molecule has 0 aliphatic rings. The molecule has 0 aliphatic carbocycles. The van der Waals surface area contributed by atoms with Crippen LogP contribution in [0.3, 0.4) is 0 Å². The third-order valence-corrected chi connectivity index (χ3v) is 4.68. The van der Waals surface area contributed by atoms with Crippen LogP contribution >= 0.6 is 23.4 Å². The fourth-order valence-electron chi connectivity index (χ4n) is 2.05. The van der Waals surface area contributed by atoms with Crippen LogP contribution in [-0.4, -0.2) is 24.6 Å². The standard InChI is InChI=1S/C18H19ClN2O2S/c1-12-3-5-13(6-4-12)10-24-11-17(22)21-14-7-8-16(19)15(9-14)18(23)20-2/h3-9H,10-11H2,1-2H3,(H,20,23)(H,21,22). The van der Waals surface area contributed by atoms with Crippen molar-refractivity contribution in [3.05, 3.63) is 64.2 Å². The van der Waals surface area contributed by atoms with Crippen LogP contribution in [0.1, 0.15) is 21.5 Å². The van der Waals surface area contributed by atoms with Crippen LogP contribution in [0.5, 0.6) is 0 Å². The molecule has 0 atom stereocenters. The number of hydrogen-bond donors (Lipinski definition) is 2. The van der Waals surface area contributed by atoms with E-state index in [9.17, 15) is 9.59 Å². The Bertz CT molecular complexity index is 732. The number of carbonyl (C=O) groups is 2. The largest absolute Gasteiger partial charge is 0.355 e. The number of amides is 2. The van der Waals surface area contributed by atoms with Gasteiger partial charge < -0.3 is 10.6 Å². The van der Waals surface area contributed by atoms with Gasteiger partial charge in [-0.2, -0.15) is 0 Å². The third-order valence-electron chi connectivity index (χ3n) is 3.34. The van der Waals surface area contributed by atoms with Crippen LogP contribution in [0, 0.1) is 6.92 Å². The molecule has 4 nitrogen and oxygen atoms in total. The predicted octanol–water partition coefficient (Wildman–Crippen LogP) is 3.88. The number of carbonyl (C=O) groups excluding carboxylic acids is 2. The van der Waals surface area contributed by atoms with E-state index in [1.54, 1.807) is 30.0 Å². The van der Waals surface area contributed by atoms with Gasteiger partial charge in [-0.1, -0.05) is 41.4 Å². The molecule has 0 aliphatic heterocycles. The maximum Gasteiger partial charge on any atom is 0.252 e. The van der Waals surface area contributed by atoms with Gasteiger partial charge in [-0.05, 0) is 30.7 Å². The summed E-state index contributed by atoms with van der Waals surface area (Å²) in [7, 11) is 1.53. The molecule has 2 aromatic rings. The molecule has 0 bridgehead atoms. The Kier molecular flexibility index (Phi) is 6.70. The van der Waals surface area contributed by atoms with Gasteiger partial charge >= 0.3 is 0 Å². The van der Waals surface area contributed by atoms with E-state index >= 15 is 0 Å². The van der Waals surface area contributed by atoms with Crippen LogP contribution < -0.4 is 10.6 Å². The minimum absolute atomic E-state index is 0.114. The van der Waals surface area contributed by atoms with Gasteiger partial charge in [0.1, 0.15) is 0 Å². The van der Waals surface area contributed by atoms with Crippen molar-refractivity contribution in [2.75, 3.05) is 18.1 Å². The first-order valence-corrected chi connectivity index (χ1v) is 8.97. The number of aryl methyl sites for hydroxylation is 1. The molecular weight excluding hydrogens is 344 g/mol. The van der Waals surface area contributed by atoms with E-state index in [1.807, 2.05) is 6.92 Å². The second kappa shape index (κ2) is 8.76. The summed E-state index contributed by atoms with van der Waals surface area (Å²) in [5.41, 5.74) is 3.30. The van der Waals surface area contributed by atoms with Crippen molar-refractivity contribution in [1.29, 1.82) is 0 Å². The van der Waals surface area contributed by atoms with Crippen molar-refractivity contribution < 1.29 is 9.59 Å². The van der Waals surface area contributed by atoms with Gasteiger partial charge in [0, 0.05) is 18.5 Å². The molecule has 24 heavy (non-hydrogen) atoms. The molecule has 0 saturated carbocycles. The Labute approximate surface area is 151 Å². The van der Waals surface area contributed by atoms with E-state index in [0.717, 1.165) is 5.75 Å². The second-order valence-electron chi connectivity index (χ2n) is 5.30. The number of anilines is 1. The number of hydrogen-bond acceptors (Lipinski definition) is 3. The number of halogens is 1. The average Bonchev–Trinajstić information content (AvgIpc) is 2.57. The Morgan fingerprint density at radius 1 is 1.12 bits per heavy atom. The van der Waals surface area contributed by atoms with Crippen molar-refractivity contribution in [2.24, 2.45) is 0 Å². The molecule has 2 N–H and O–H groups in total. The zero-order valence-corrected chi connectivity index (χ0v) is 15.1. The van der Waals surface area contributed by atoms with Crippen molar-refractivity contribution in [3.63, 3.8) is 0 Å². The minimum atomic E-state index is -0.287. The summed E-state index contributed by atoms with van der Waals surface area (Å²) in [6.07, 6.45) is 0. The minimum Gasteiger partial charge on any atom is -0.355 e. The molecule has 0 heterocycles. The molecule has 2 rings (SSSR count). The van der Waals surface area contributed by atoms with Crippen LogP contribution in [0.4, 0.5) is 5.69 Å². The lowest BCUT2D eigenvalue weighted by Crippen LogP contribution is -2.19. The molecule has 126 valence electrons. The van der Waals surface area contributed by atoms with Gasteiger partial charge in [0.25, 0.3) is 5.91 Å². The lowest BCUT2D eigenvalue weighted by molar-refractivity contribution is -0.113. The lowest BCUT2D eigenvalue weighted by Gasteiger charge is -2.08. The summed E-state index contributed by atoms with van der Waals surface area (Å²) in [5.74, 6) is 0.714. The van der Waals surface area contributed by atoms with Gasteiger partial charge in [0.15, 0.2) is 0 Å². The van der Waals surface area contributed by atoms with E-state index in [1.165, 1.54) is 18.2 Å². The highest BCUT2D eigenvalue weighted by molar-refractivity contribution is 7.99. The summed E-state index contributed by atoms with van der Waals surface area (Å²) in [4.78, 5) is 23.7. The highest BCUT2D eigenvalue weighted by atomic mass is 35.5. The summed E-state index contributed by atoms with van der Waals surface area (Å²) in [5, 5.41) is 5.65. The first-order chi connectivity index (χ1) is 11.5. The number of rotatable bonds is 6. The first kappa shape index (κ1) is 18.4.